The van der Waals surface area contributed by atoms with Crippen LogP contribution in [0.2, 0.25) is 5.02 Å². The molecule has 0 unspecified atom stereocenters. The number of piperazine rings is 1. The van der Waals surface area contributed by atoms with E-state index < -0.39 is 5.91 Å². The minimum Gasteiger partial charge on any atom is -0.368 e. The molecule has 150 valence electrons. The second-order valence-electron chi connectivity index (χ2n) is 6.76. The van der Waals surface area contributed by atoms with Crippen molar-refractivity contribution in [2.24, 2.45) is 0 Å². The van der Waals surface area contributed by atoms with Gasteiger partial charge in [-0.2, -0.15) is 4.98 Å². The molecule has 2 amide bonds. The van der Waals surface area contributed by atoms with Crippen molar-refractivity contribution < 1.29 is 9.59 Å². The van der Waals surface area contributed by atoms with Gasteiger partial charge in [0.25, 0.3) is 11.7 Å². The van der Waals surface area contributed by atoms with Gasteiger partial charge in [-0.1, -0.05) is 17.7 Å². The Hall–Kier alpha value is -3.20. The molecular formula is C19H20ClN7O2. The first-order chi connectivity index (χ1) is 14.0. The van der Waals surface area contributed by atoms with Gasteiger partial charge in [0, 0.05) is 48.8 Å². The number of aromatic nitrogens is 4. The Balaban J connectivity index is 1.30. The molecule has 3 aromatic rings. The highest BCUT2D eigenvalue weighted by molar-refractivity contribution is 6.30. The van der Waals surface area contributed by atoms with Crippen LogP contribution in [0.1, 0.15) is 16.3 Å². The van der Waals surface area contributed by atoms with Gasteiger partial charge in [-0.15, -0.1) is 5.10 Å². The summed E-state index contributed by atoms with van der Waals surface area (Å²) in [5, 5.41) is 7.43. The zero-order chi connectivity index (χ0) is 20.4. The van der Waals surface area contributed by atoms with Gasteiger partial charge in [-0.3, -0.25) is 9.59 Å². The zero-order valence-electron chi connectivity index (χ0n) is 15.9. The smallest absolute Gasteiger partial charge is 0.291 e. The first-order valence-electron chi connectivity index (χ1n) is 9.26. The normalized spacial score (nSPS) is 14.3. The lowest BCUT2D eigenvalue weighted by Gasteiger charge is -2.36. The van der Waals surface area contributed by atoms with E-state index in [1.807, 2.05) is 31.2 Å². The van der Waals surface area contributed by atoms with Crippen LogP contribution in [0.25, 0.3) is 5.78 Å². The van der Waals surface area contributed by atoms with Gasteiger partial charge in [0.2, 0.25) is 11.7 Å². The third kappa shape index (κ3) is 4.14. The maximum Gasteiger partial charge on any atom is 0.291 e. The van der Waals surface area contributed by atoms with Crippen molar-refractivity contribution in [1.82, 2.24) is 29.8 Å². The highest BCUT2D eigenvalue weighted by atomic mass is 35.5. The van der Waals surface area contributed by atoms with Crippen molar-refractivity contribution in [2.45, 2.75) is 6.92 Å². The van der Waals surface area contributed by atoms with Gasteiger partial charge in [0.05, 0.1) is 6.54 Å². The molecule has 3 heterocycles. The minimum atomic E-state index is -0.499. The molecule has 0 radical (unpaired) electrons. The van der Waals surface area contributed by atoms with Crippen LogP contribution in [-0.4, -0.2) is 69.0 Å². The largest absolute Gasteiger partial charge is 0.368 e. The second-order valence-corrected chi connectivity index (χ2v) is 7.20. The number of hydrogen-bond donors (Lipinski definition) is 1. The number of benzene rings is 1. The molecule has 0 atom stereocenters. The van der Waals surface area contributed by atoms with Crippen molar-refractivity contribution in [3.63, 3.8) is 0 Å². The summed E-state index contributed by atoms with van der Waals surface area (Å²) in [5.74, 6) is -0.299. The molecule has 0 bridgehead atoms. The van der Waals surface area contributed by atoms with Crippen LogP contribution in [-0.2, 0) is 4.79 Å². The minimum absolute atomic E-state index is 0.00891. The van der Waals surface area contributed by atoms with Crippen LogP contribution in [0.5, 0.6) is 0 Å². The average molecular weight is 414 g/mol. The summed E-state index contributed by atoms with van der Waals surface area (Å²) in [6.07, 6.45) is 1.60. The van der Waals surface area contributed by atoms with Crippen LogP contribution >= 0.6 is 11.6 Å². The van der Waals surface area contributed by atoms with Crippen LogP contribution in [0.3, 0.4) is 0 Å². The van der Waals surface area contributed by atoms with Crippen LogP contribution in [0.4, 0.5) is 5.69 Å². The Morgan fingerprint density at radius 2 is 1.97 bits per heavy atom. The summed E-state index contributed by atoms with van der Waals surface area (Å²) in [6.45, 7) is 4.32. The van der Waals surface area contributed by atoms with Crippen molar-refractivity contribution in [2.75, 3.05) is 37.6 Å². The highest BCUT2D eigenvalue weighted by Gasteiger charge is 2.22. The highest BCUT2D eigenvalue weighted by Crippen LogP contribution is 2.20. The average Bonchev–Trinajstić information content (AvgIpc) is 3.18. The number of nitrogens with zero attached hydrogens (tertiary/aromatic N) is 6. The Morgan fingerprint density at radius 3 is 2.69 bits per heavy atom. The van der Waals surface area contributed by atoms with E-state index in [0.29, 0.717) is 37.0 Å². The summed E-state index contributed by atoms with van der Waals surface area (Å²) < 4.78 is 1.49. The third-order valence-corrected chi connectivity index (χ3v) is 5.07. The summed E-state index contributed by atoms with van der Waals surface area (Å²) in [5.41, 5.74) is 1.86. The molecule has 10 heteroatoms. The lowest BCUT2D eigenvalue weighted by atomic mass is 10.2. The number of rotatable bonds is 4. The molecule has 1 N–H and O–H groups in total. The van der Waals surface area contributed by atoms with Crippen LogP contribution in [0, 0.1) is 6.92 Å². The Kier molecular flexibility index (Phi) is 5.30. The van der Waals surface area contributed by atoms with E-state index in [2.05, 4.69) is 25.3 Å². The molecule has 0 saturated carbocycles. The van der Waals surface area contributed by atoms with Gasteiger partial charge in [0.15, 0.2) is 0 Å². The summed E-state index contributed by atoms with van der Waals surface area (Å²) in [6, 6.07) is 9.44. The zero-order valence-corrected chi connectivity index (χ0v) is 16.6. The molecule has 1 aliphatic heterocycles. The fourth-order valence-electron chi connectivity index (χ4n) is 3.24. The molecule has 1 aromatic carbocycles. The van der Waals surface area contributed by atoms with E-state index in [9.17, 15) is 9.59 Å². The summed E-state index contributed by atoms with van der Waals surface area (Å²) in [4.78, 5) is 36.9. The van der Waals surface area contributed by atoms with Crippen LogP contribution in [0.15, 0.2) is 36.5 Å². The lowest BCUT2D eigenvalue weighted by Crippen LogP contribution is -2.51. The molecule has 1 fully saturated rings. The first-order valence-corrected chi connectivity index (χ1v) is 9.64. The van der Waals surface area contributed by atoms with Gasteiger partial charge < -0.3 is 15.1 Å². The maximum absolute atomic E-state index is 12.5. The van der Waals surface area contributed by atoms with Crippen molar-refractivity contribution in [3.8, 4) is 0 Å². The number of fused-ring (bicyclic) bond motifs is 1. The predicted molar refractivity (Wildman–Crippen MR) is 108 cm³/mol. The van der Waals surface area contributed by atoms with Gasteiger partial charge in [-0.25, -0.2) is 9.50 Å². The standard InChI is InChI=1S/C19H20ClN7O2/c1-13-5-6-21-19-23-17(24-27(13)19)18(29)22-12-16(28)26-9-7-25(8-10-26)15-4-2-3-14(20)11-15/h2-6,11H,7-10,12H2,1H3,(H,22,29). The number of carbonyl (C=O) groups is 2. The molecule has 4 rings (SSSR count). The molecule has 0 aliphatic carbocycles. The molecular weight excluding hydrogens is 394 g/mol. The number of aryl methyl sites for hydroxylation is 1. The molecule has 0 spiro atoms. The number of carbonyl (C=O) groups excluding carboxylic acids is 2. The lowest BCUT2D eigenvalue weighted by molar-refractivity contribution is -0.130. The Labute approximate surface area is 172 Å². The van der Waals surface area contributed by atoms with Crippen molar-refractivity contribution >= 4 is 34.9 Å². The number of anilines is 1. The molecule has 1 aliphatic rings. The Bertz CT molecular complexity index is 1060. The first kappa shape index (κ1) is 19.1. The third-order valence-electron chi connectivity index (χ3n) is 4.84. The van der Waals surface area contributed by atoms with Crippen molar-refractivity contribution in [3.05, 3.63) is 53.1 Å². The number of hydrogen-bond acceptors (Lipinski definition) is 6. The van der Waals surface area contributed by atoms with E-state index >= 15 is 0 Å². The van der Waals surface area contributed by atoms with E-state index in [1.165, 1.54) is 4.52 Å². The predicted octanol–water partition coefficient (Wildman–Crippen LogP) is 1.16. The second kappa shape index (κ2) is 8.04. The van der Waals surface area contributed by atoms with E-state index in [0.717, 1.165) is 11.4 Å². The molecule has 29 heavy (non-hydrogen) atoms. The van der Waals surface area contributed by atoms with E-state index in [1.54, 1.807) is 17.2 Å². The van der Waals surface area contributed by atoms with Gasteiger partial charge in [0.1, 0.15) is 0 Å². The molecule has 1 saturated heterocycles. The fourth-order valence-corrected chi connectivity index (χ4v) is 3.42. The number of amides is 2. The summed E-state index contributed by atoms with van der Waals surface area (Å²) >= 11 is 6.05. The SMILES string of the molecule is Cc1ccnc2nc(C(=O)NCC(=O)N3CCN(c4cccc(Cl)c4)CC3)nn12. The van der Waals surface area contributed by atoms with E-state index in [-0.39, 0.29) is 18.3 Å². The van der Waals surface area contributed by atoms with Gasteiger partial charge in [-0.05, 0) is 31.2 Å². The monoisotopic (exact) mass is 413 g/mol. The number of halogens is 1. The molecule has 2 aromatic heterocycles. The van der Waals surface area contributed by atoms with E-state index in [4.69, 9.17) is 11.6 Å². The fraction of sp³-hybridized carbons (Fsp3) is 0.316. The topological polar surface area (TPSA) is 95.7 Å². The number of nitrogens with one attached hydrogen (secondary N) is 1. The molecule has 9 nitrogen and oxygen atoms in total. The quantitative estimate of drug-likeness (QED) is 0.689. The Morgan fingerprint density at radius 1 is 1.17 bits per heavy atom. The summed E-state index contributed by atoms with van der Waals surface area (Å²) in [7, 11) is 0. The van der Waals surface area contributed by atoms with Gasteiger partial charge >= 0.3 is 0 Å². The van der Waals surface area contributed by atoms with Crippen LogP contribution < -0.4 is 10.2 Å². The van der Waals surface area contributed by atoms with Crippen molar-refractivity contribution in [1.29, 1.82) is 0 Å². The maximum atomic E-state index is 12.5.